The minimum atomic E-state index is -0.641. The predicted molar refractivity (Wildman–Crippen MR) is 133 cm³/mol. The van der Waals surface area contributed by atoms with Gasteiger partial charge in [-0.25, -0.2) is 14.0 Å². The van der Waals surface area contributed by atoms with Crippen molar-refractivity contribution in [3.8, 4) is 5.75 Å². The normalized spacial score (nSPS) is 14.5. The fourth-order valence-electron chi connectivity index (χ4n) is 4.35. The number of ether oxygens (including phenoxy) is 2. The lowest BCUT2D eigenvalue weighted by atomic mass is 9.81. The Bertz CT molecular complexity index is 1370. The van der Waals surface area contributed by atoms with E-state index in [1.54, 1.807) is 39.2 Å². The summed E-state index contributed by atoms with van der Waals surface area (Å²) in [5.41, 5.74) is 1.90. The number of amides is 2. The van der Waals surface area contributed by atoms with Gasteiger partial charge in [-0.1, -0.05) is 13.8 Å². The van der Waals surface area contributed by atoms with Gasteiger partial charge in [-0.05, 0) is 55.0 Å². The first-order valence-corrected chi connectivity index (χ1v) is 11.5. The van der Waals surface area contributed by atoms with E-state index in [2.05, 4.69) is 4.98 Å². The topological polar surface area (TPSA) is 91.9 Å². The molecule has 0 saturated heterocycles. The van der Waals surface area contributed by atoms with Crippen LogP contribution in [0.25, 0.3) is 16.5 Å². The van der Waals surface area contributed by atoms with E-state index in [4.69, 9.17) is 9.47 Å². The van der Waals surface area contributed by atoms with Crippen LogP contribution < -0.4 is 4.74 Å². The molecule has 2 amide bonds. The molecule has 2 heterocycles. The van der Waals surface area contributed by atoms with Crippen LogP contribution in [-0.4, -0.2) is 60.0 Å². The number of benzene rings is 2. The van der Waals surface area contributed by atoms with Crippen molar-refractivity contribution in [2.45, 2.75) is 26.2 Å². The Kier molecular flexibility index (Phi) is 6.58. The van der Waals surface area contributed by atoms with E-state index in [9.17, 15) is 18.8 Å². The van der Waals surface area contributed by atoms with E-state index in [0.717, 1.165) is 16.5 Å². The van der Waals surface area contributed by atoms with Gasteiger partial charge in [0.25, 0.3) is 5.91 Å². The second-order valence-corrected chi connectivity index (χ2v) is 9.43. The molecule has 1 aliphatic rings. The molecule has 0 bridgehead atoms. The molecule has 0 unspecified atom stereocenters. The number of rotatable bonds is 4. The highest BCUT2D eigenvalue weighted by atomic mass is 19.1. The van der Waals surface area contributed by atoms with Gasteiger partial charge in [-0.2, -0.15) is 0 Å². The third-order valence-corrected chi connectivity index (χ3v) is 5.98. The molecule has 8 nitrogen and oxygen atoms in total. The lowest BCUT2D eigenvalue weighted by Gasteiger charge is -2.29. The van der Waals surface area contributed by atoms with Crippen molar-refractivity contribution in [2.24, 2.45) is 0 Å². The molecule has 1 aromatic heterocycles. The second kappa shape index (κ2) is 9.49. The number of aromatic amines is 1. The molecule has 188 valence electrons. The zero-order chi connectivity index (χ0) is 26.2. The third kappa shape index (κ3) is 4.68. The van der Waals surface area contributed by atoms with Gasteiger partial charge in [0.2, 0.25) is 0 Å². The quantitative estimate of drug-likeness (QED) is 0.532. The monoisotopic (exact) mass is 493 g/mol. The average Bonchev–Trinajstić information content (AvgIpc) is 3.15. The van der Waals surface area contributed by atoms with Gasteiger partial charge >= 0.3 is 12.1 Å². The number of nitrogens with zero attached hydrogens (tertiary/aromatic N) is 2. The average molecular weight is 494 g/mol. The van der Waals surface area contributed by atoms with Gasteiger partial charge in [0.05, 0.1) is 17.9 Å². The highest BCUT2D eigenvalue weighted by Crippen LogP contribution is 2.41. The summed E-state index contributed by atoms with van der Waals surface area (Å²) in [4.78, 5) is 44.6. The lowest BCUT2D eigenvalue weighted by Crippen LogP contribution is -2.37. The molecule has 4 rings (SSSR count). The standard InChI is InChI=1S/C27H28FN3O5/c1-6-35-25(33)20-14-31(24(32)16-7-9-17(28)10-8-16)15-27(2,3)22-19-13-18(36-26(34)30(4)5)11-12-21(19)29-23(20)22/h7-14,29H,6,15H2,1-5H3. The largest absolute Gasteiger partial charge is 0.462 e. The van der Waals surface area contributed by atoms with Gasteiger partial charge in [0.1, 0.15) is 11.6 Å². The lowest BCUT2D eigenvalue weighted by molar-refractivity contribution is -0.136. The van der Waals surface area contributed by atoms with Crippen molar-refractivity contribution in [1.29, 1.82) is 0 Å². The third-order valence-electron chi connectivity index (χ3n) is 5.98. The van der Waals surface area contributed by atoms with Crippen LogP contribution in [0.2, 0.25) is 0 Å². The summed E-state index contributed by atoms with van der Waals surface area (Å²) in [5.74, 6) is -1.05. The van der Waals surface area contributed by atoms with E-state index in [-0.39, 0.29) is 24.6 Å². The molecule has 9 heteroatoms. The van der Waals surface area contributed by atoms with Crippen LogP contribution in [0.4, 0.5) is 9.18 Å². The summed E-state index contributed by atoms with van der Waals surface area (Å²) in [6.07, 6.45) is 0.970. The number of fused-ring (bicyclic) bond motifs is 3. The molecular formula is C27H28FN3O5. The summed E-state index contributed by atoms with van der Waals surface area (Å²) >= 11 is 0. The number of hydrogen-bond acceptors (Lipinski definition) is 5. The summed E-state index contributed by atoms with van der Waals surface area (Å²) in [7, 11) is 3.19. The number of carbonyl (C=O) groups is 3. The number of esters is 1. The summed E-state index contributed by atoms with van der Waals surface area (Å²) in [6, 6.07) is 10.5. The maximum absolute atomic E-state index is 13.4. The molecule has 0 atom stereocenters. The molecule has 0 fully saturated rings. The van der Waals surface area contributed by atoms with Crippen LogP contribution >= 0.6 is 0 Å². The summed E-state index contributed by atoms with van der Waals surface area (Å²) in [6.45, 7) is 6.02. The predicted octanol–water partition coefficient (Wildman–Crippen LogP) is 4.71. The zero-order valence-electron chi connectivity index (χ0n) is 20.8. The fourth-order valence-corrected chi connectivity index (χ4v) is 4.35. The molecule has 0 saturated carbocycles. The summed E-state index contributed by atoms with van der Waals surface area (Å²) < 4.78 is 24.2. The Morgan fingerprint density at radius 3 is 2.44 bits per heavy atom. The molecule has 36 heavy (non-hydrogen) atoms. The van der Waals surface area contributed by atoms with Gasteiger partial charge in [0, 0.05) is 48.7 Å². The van der Waals surface area contributed by atoms with Crippen molar-refractivity contribution in [3.63, 3.8) is 0 Å². The molecule has 0 spiro atoms. The fraction of sp³-hybridized carbons (Fsp3) is 0.296. The number of hydrogen-bond donors (Lipinski definition) is 1. The number of H-pyrrole nitrogens is 1. The Morgan fingerprint density at radius 1 is 1.11 bits per heavy atom. The Morgan fingerprint density at radius 2 is 1.81 bits per heavy atom. The molecule has 2 aromatic carbocycles. The first kappa shape index (κ1) is 25.0. The second-order valence-electron chi connectivity index (χ2n) is 9.43. The zero-order valence-corrected chi connectivity index (χ0v) is 20.8. The number of halogens is 1. The minimum absolute atomic E-state index is 0.158. The Hall–Kier alpha value is -4.14. The molecule has 0 aliphatic carbocycles. The molecule has 0 radical (unpaired) electrons. The molecule has 1 N–H and O–H groups in total. The maximum atomic E-state index is 13.4. The molecule has 1 aliphatic heterocycles. The van der Waals surface area contributed by atoms with Crippen LogP contribution in [0.3, 0.4) is 0 Å². The van der Waals surface area contributed by atoms with Crippen LogP contribution in [-0.2, 0) is 14.9 Å². The smallest absolute Gasteiger partial charge is 0.414 e. The van der Waals surface area contributed by atoms with Crippen LogP contribution in [0.15, 0.2) is 48.7 Å². The Labute approximate surface area is 208 Å². The van der Waals surface area contributed by atoms with Crippen molar-refractivity contribution in [2.75, 3.05) is 27.2 Å². The summed E-state index contributed by atoms with van der Waals surface area (Å²) in [5, 5.41) is 0.755. The highest BCUT2D eigenvalue weighted by molar-refractivity contribution is 6.18. The van der Waals surface area contributed by atoms with Gasteiger partial charge in [-0.3, -0.25) is 4.79 Å². The van der Waals surface area contributed by atoms with Gasteiger partial charge in [0.15, 0.2) is 0 Å². The van der Waals surface area contributed by atoms with Crippen molar-refractivity contribution < 1.29 is 28.2 Å². The van der Waals surface area contributed by atoms with E-state index in [1.807, 2.05) is 13.8 Å². The molecule has 3 aromatic rings. The van der Waals surface area contributed by atoms with Crippen LogP contribution in [0.1, 0.15) is 42.4 Å². The van der Waals surface area contributed by atoms with E-state index >= 15 is 0 Å². The number of aromatic nitrogens is 1. The maximum Gasteiger partial charge on any atom is 0.414 e. The van der Waals surface area contributed by atoms with E-state index < -0.39 is 23.3 Å². The SMILES string of the molecule is CCOC(=O)C1=CN(C(=O)c2ccc(F)cc2)CC(C)(C)c2c1[nH]c1ccc(OC(=O)N(C)C)cc21. The Balaban J connectivity index is 1.86. The van der Waals surface area contributed by atoms with Crippen LogP contribution in [0.5, 0.6) is 5.75 Å². The first-order chi connectivity index (χ1) is 17.0. The van der Waals surface area contributed by atoms with Crippen molar-refractivity contribution >= 4 is 34.4 Å². The van der Waals surface area contributed by atoms with Crippen LogP contribution in [0, 0.1) is 5.82 Å². The minimum Gasteiger partial charge on any atom is -0.462 e. The highest BCUT2D eigenvalue weighted by Gasteiger charge is 2.37. The van der Waals surface area contributed by atoms with Crippen molar-refractivity contribution in [3.05, 3.63) is 71.3 Å². The van der Waals surface area contributed by atoms with E-state index in [1.165, 1.54) is 40.3 Å². The first-order valence-electron chi connectivity index (χ1n) is 11.5. The van der Waals surface area contributed by atoms with Gasteiger partial charge < -0.3 is 24.3 Å². The van der Waals surface area contributed by atoms with Crippen molar-refractivity contribution in [1.82, 2.24) is 14.8 Å². The number of carbonyl (C=O) groups excluding carboxylic acids is 3. The van der Waals surface area contributed by atoms with Gasteiger partial charge in [-0.15, -0.1) is 0 Å². The molecular weight excluding hydrogens is 465 g/mol. The number of nitrogens with one attached hydrogen (secondary N) is 1. The van der Waals surface area contributed by atoms with E-state index in [0.29, 0.717) is 17.0 Å².